The second-order valence-electron chi connectivity index (χ2n) is 6.93. The predicted octanol–water partition coefficient (Wildman–Crippen LogP) is 2.89. The zero-order valence-corrected chi connectivity index (χ0v) is 15.3. The normalized spacial score (nSPS) is 15.3. The van der Waals surface area contributed by atoms with Crippen LogP contribution in [0.2, 0.25) is 0 Å². The first kappa shape index (κ1) is 17.4. The minimum absolute atomic E-state index is 0.150. The number of benzene rings is 1. The molecule has 1 aliphatic heterocycles. The summed E-state index contributed by atoms with van der Waals surface area (Å²) in [7, 11) is 0. The van der Waals surface area contributed by atoms with Gasteiger partial charge in [-0.1, -0.05) is 35.0 Å². The van der Waals surface area contributed by atoms with Crippen molar-refractivity contribution in [3.05, 3.63) is 71.7 Å². The van der Waals surface area contributed by atoms with Crippen molar-refractivity contribution in [2.45, 2.75) is 20.0 Å². The first-order valence-corrected chi connectivity index (χ1v) is 9.09. The fraction of sp³-hybridized carbons (Fsp3) is 0.286. The predicted molar refractivity (Wildman–Crippen MR) is 102 cm³/mol. The molecule has 138 valence electrons. The van der Waals surface area contributed by atoms with Crippen LogP contribution in [0.1, 0.15) is 16.9 Å². The van der Waals surface area contributed by atoms with Crippen molar-refractivity contribution in [1.82, 2.24) is 19.9 Å². The van der Waals surface area contributed by atoms with E-state index in [2.05, 4.69) is 40.2 Å². The maximum Gasteiger partial charge on any atom is 0.237 e. The van der Waals surface area contributed by atoms with E-state index < -0.39 is 0 Å². The number of nitrogens with zero attached hydrogens (tertiary/aromatic N) is 4. The monoisotopic (exact) mass is 362 g/mol. The molecule has 1 amide bonds. The Morgan fingerprint density at radius 3 is 2.70 bits per heavy atom. The number of amides is 1. The third kappa shape index (κ3) is 4.23. The van der Waals surface area contributed by atoms with Crippen LogP contribution >= 0.6 is 0 Å². The Hall–Kier alpha value is -2.99. The number of hydrogen-bond donors (Lipinski definition) is 0. The zero-order chi connectivity index (χ0) is 18.6. The highest BCUT2D eigenvalue weighted by Crippen LogP contribution is 2.20. The third-order valence-electron chi connectivity index (χ3n) is 4.77. The van der Waals surface area contributed by atoms with Gasteiger partial charge in [0, 0.05) is 43.7 Å². The Labute approximate surface area is 158 Å². The molecule has 0 aliphatic carbocycles. The van der Waals surface area contributed by atoms with Crippen molar-refractivity contribution in [3.8, 4) is 11.3 Å². The van der Waals surface area contributed by atoms with E-state index in [-0.39, 0.29) is 5.91 Å². The van der Waals surface area contributed by atoms with E-state index in [1.54, 1.807) is 12.4 Å². The van der Waals surface area contributed by atoms with E-state index >= 15 is 0 Å². The molecule has 0 unspecified atom stereocenters. The van der Waals surface area contributed by atoms with Crippen LogP contribution < -0.4 is 0 Å². The van der Waals surface area contributed by atoms with Crippen LogP contribution in [0.25, 0.3) is 11.3 Å². The first-order valence-electron chi connectivity index (χ1n) is 9.09. The van der Waals surface area contributed by atoms with Gasteiger partial charge in [0.15, 0.2) is 5.76 Å². The summed E-state index contributed by atoms with van der Waals surface area (Å²) < 4.78 is 5.46. The number of aryl methyl sites for hydroxylation is 1. The molecule has 1 aliphatic rings. The molecule has 27 heavy (non-hydrogen) atoms. The molecule has 6 heteroatoms. The minimum atomic E-state index is 0.150. The highest BCUT2D eigenvalue weighted by molar-refractivity contribution is 5.79. The van der Waals surface area contributed by atoms with Gasteiger partial charge in [0.1, 0.15) is 5.69 Å². The standard InChI is InChI=1S/C21H22N4O2/c1-16-3-2-4-17(11-16)13-25-10-9-24(15-21(25)26)14-19-12-20(23-27-19)18-5-7-22-8-6-18/h2-8,11-12H,9-10,13-15H2,1H3. The molecule has 6 nitrogen and oxygen atoms in total. The van der Waals surface area contributed by atoms with Crippen LogP contribution in [0.4, 0.5) is 0 Å². The number of pyridine rings is 1. The van der Waals surface area contributed by atoms with Crippen molar-refractivity contribution in [1.29, 1.82) is 0 Å². The van der Waals surface area contributed by atoms with Crippen LogP contribution in [-0.4, -0.2) is 45.5 Å². The van der Waals surface area contributed by atoms with E-state index in [9.17, 15) is 4.79 Å². The fourth-order valence-corrected chi connectivity index (χ4v) is 3.36. The van der Waals surface area contributed by atoms with Crippen molar-refractivity contribution in [2.75, 3.05) is 19.6 Å². The lowest BCUT2D eigenvalue weighted by atomic mass is 10.1. The van der Waals surface area contributed by atoms with E-state index in [1.165, 1.54) is 11.1 Å². The van der Waals surface area contributed by atoms with Crippen LogP contribution in [0.15, 0.2) is 59.4 Å². The highest BCUT2D eigenvalue weighted by Gasteiger charge is 2.25. The van der Waals surface area contributed by atoms with Gasteiger partial charge in [-0.25, -0.2) is 0 Å². The van der Waals surface area contributed by atoms with Gasteiger partial charge in [-0.2, -0.15) is 0 Å². The van der Waals surface area contributed by atoms with Crippen LogP contribution in [-0.2, 0) is 17.9 Å². The third-order valence-corrected chi connectivity index (χ3v) is 4.77. The van der Waals surface area contributed by atoms with Crippen molar-refractivity contribution < 1.29 is 9.32 Å². The lowest BCUT2D eigenvalue weighted by molar-refractivity contribution is -0.137. The van der Waals surface area contributed by atoms with Gasteiger partial charge in [-0.3, -0.25) is 14.7 Å². The van der Waals surface area contributed by atoms with Crippen LogP contribution in [0.5, 0.6) is 0 Å². The Bertz CT molecular complexity index is 923. The quantitative estimate of drug-likeness (QED) is 0.698. The summed E-state index contributed by atoms with van der Waals surface area (Å²) in [6.45, 7) is 5.27. The number of piperazine rings is 1. The van der Waals surface area contributed by atoms with Crippen LogP contribution in [0.3, 0.4) is 0 Å². The number of carbonyl (C=O) groups excluding carboxylic acids is 1. The molecule has 0 saturated carbocycles. The van der Waals surface area contributed by atoms with E-state index in [0.29, 0.717) is 19.6 Å². The Kier molecular flexibility index (Phi) is 4.98. The molecule has 1 fully saturated rings. The fourth-order valence-electron chi connectivity index (χ4n) is 3.36. The molecule has 4 rings (SSSR count). The molecule has 3 heterocycles. The number of carbonyl (C=O) groups is 1. The van der Waals surface area contributed by atoms with Crippen molar-refractivity contribution >= 4 is 5.91 Å². The molecule has 0 N–H and O–H groups in total. The van der Waals surface area contributed by atoms with Gasteiger partial charge in [-0.05, 0) is 24.6 Å². The number of aromatic nitrogens is 2. The van der Waals surface area contributed by atoms with Gasteiger partial charge >= 0.3 is 0 Å². The zero-order valence-electron chi connectivity index (χ0n) is 15.3. The molecule has 1 saturated heterocycles. The molecule has 0 radical (unpaired) electrons. The average Bonchev–Trinajstić information content (AvgIpc) is 3.13. The summed E-state index contributed by atoms with van der Waals surface area (Å²) in [5.74, 6) is 0.915. The highest BCUT2D eigenvalue weighted by atomic mass is 16.5. The Balaban J connectivity index is 1.35. The molecule has 3 aromatic rings. The number of hydrogen-bond acceptors (Lipinski definition) is 5. The molecule has 0 bridgehead atoms. The molecular weight excluding hydrogens is 340 g/mol. The number of rotatable bonds is 5. The van der Waals surface area contributed by atoms with Gasteiger partial charge in [0.05, 0.1) is 13.1 Å². The minimum Gasteiger partial charge on any atom is -0.359 e. The largest absolute Gasteiger partial charge is 0.359 e. The van der Waals surface area contributed by atoms with Crippen LogP contribution in [0, 0.1) is 6.92 Å². The van der Waals surface area contributed by atoms with E-state index in [1.807, 2.05) is 29.2 Å². The van der Waals surface area contributed by atoms with Crippen molar-refractivity contribution in [2.24, 2.45) is 0 Å². The summed E-state index contributed by atoms with van der Waals surface area (Å²) in [6.07, 6.45) is 3.46. The van der Waals surface area contributed by atoms with Gasteiger partial charge in [0.25, 0.3) is 0 Å². The first-order chi connectivity index (χ1) is 13.2. The SMILES string of the molecule is Cc1cccc(CN2CCN(Cc3cc(-c4ccncc4)no3)CC2=O)c1. The lowest BCUT2D eigenvalue weighted by Crippen LogP contribution is -2.49. The van der Waals surface area contributed by atoms with Gasteiger partial charge in [-0.15, -0.1) is 0 Å². The molecule has 0 spiro atoms. The molecule has 1 aromatic carbocycles. The topological polar surface area (TPSA) is 62.5 Å². The lowest BCUT2D eigenvalue weighted by Gasteiger charge is -2.33. The molecule has 2 aromatic heterocycles. The van der Waals surface area contributed by atoms with Gasteiger partial charge in [0.2, 0.25) is 5.91 Å². The second-order valence-corrected chi connectivity index (χ2v) is 6.93. The Morgan fingerprint density at radius 1 is 1.07 bits per heavy atom. The van der Waals surface area contributed by atoms with E-state index in [0.717, 1.165) is 30.1 Å². The summed E-state index contributed by atoms with van der Waals surface area (Å²) >= 11 is 0. The maximum atomic E-state index is 12.5. The smallest absolute Gasteiger partial charge is 0.237 e. The summed E-state index contributed by atoms with van der Waals surface area (Å²) in [5.41, 5.74) is 4.15. The molecular formula is C21H22N4O2. The second kappa shape index (κ2) is 7.72. The summed E-state index contributed by atoms with van der Waals surface area (Å²) in [5, 5.41) is 4.13. The Morgan fingerprint density at radius 2 is 1.93 bits per heavy atom. The maximum absolute atomic E-state index is 12.5. The van der Waals surface area contributed by atoms with Crippen molar-refractivity contribution in [3.63, 3.8) is 0 Å². The summed E-state index contributed by atoms with van der Waals surface area (Å²) in [4.78, 5) is 20.6. The average molecular weight is 362 g/mol. The summed E-state index contributed by atoms with van der Waals surface area (Å²) in [6, 6.07) is 14.0. The van der Waals surface area contributed by atoms with Gasteiger partial charge < -0.3 is 9.42 Å². The molecule has 0 atom stereocenters. The van der Waals surface area contributed by atoms with E-state index in [4.69, 9.17) is 4.52 Å².